The fourth-order valence-corrected chi connectivity index (χ4v) is 2.43. The van der Waals surface area contributed by atoms with Crippen LogP contribution < -0.4 is 9.64 Å². The number of aliphatic carboxylic acids is 1. The molecule has 2 rings (SSSR count). The number of anilines is 1. The van der Waals surface area contributed by atoms with Crippen molar-refractivity contribution >= 4 is 28.9 Å². The van der Waals surface area contributed by atoms with Crippen LogP contribution in [0.5, 0.6) is 5.75 Å². The average molecular weight is 320 g/mol. The van der Waals surface area contributed by atoms with Gasteiger partial charge in [0.2, 0.25) is 5.91 Å². The van der Waals surface area contributed by atoms with Gasteiger partial charge in [0.15, 0.2) is 6.61 Å². The Hall–Kier alpha value is -2.41. The van der Waals surface area contributed by atoms with Crippen molar-refractivity contribution < 1.29 is 19.4 Å². The van der Waals surface area contributed by atoms with Gasteiger partial charge in [-0.1, -0.05) is 0 Å². The predicted molar refractivity (Wildman–Crippen MR) is 83.4 cm³/mol. The number of hydrogen-bond donors (Lipinski definition) is 1. The van der Waals surface area contributed by atoms with Crippen LogP contribution in [-0.2, 0) is 16.0 Å². The number of carbonyl (C=O) groups is 2. The summed E-state index contributed by atoms with van der Waals surface area (Å²) < 4.78 is 5.05. The first-order chi connectivity index (χ1) is 10.6. The third-order valence-corrected chi connectivity index (χ3v) is 3.84. The van der Waals surface area contributed by atoms with Gasteiger partial charge in [-0.3, -0.25) is 4.79 Å². The lowest BCUT2D eigenvalue weighted by Gasteiger charge is -2.17. The number of hydrogen-bond acceptors (Lipinski definition) is 5. The van der Waals surface area contributed by atoms with Crippen LogP contribution in [-0.4, -0.2) is 35.6 Å². The van der Waals surface area contributed by atoms with E-state index in [2.05, 4.69) is 4.98 Å². The molecule has 2 aromatic rings. The summed E-state index contributed by atoms with van der Waals surface area (Å²) in [4.78, 5) is 28.3. The number of thiazole rings is 1. The molecule has 116 valence electrons. The second-order valence-corrected chi connectivity index (χ2v) is 5.53. The number of carbonyl (C=O) groups excluding carboxylic acids is 1. The standard InChI is InChI=1S/C15H16N2O4S/c1-17(14(18)7-6-13-16-8-9-22-13)11-2-4-12(5-3-11)21-10-15(19)20/h2-5,8-9H,6-7,10H2,1H3,(H,19,20). The molecule has 1 N–H and O–H groups in total. The molecule has 6 nitrogen and oxygen atoms in total. The number of nitrogens with zero attached hydrogens (tertiary/aromatic N) is 2. The molecule has 1 aromatic heterocycles. The molecule has 0 fully saturated rings. The molecule has 1 heterocycles. The lowest BCUT2D eigenvalue weighted by Crippen LogP contribution is -2.26. The van der Waals surface area contributed by atoms with Crippen molar-refractivity contribution in [1.29, 1.82) is 0 Å². The molecule has 1 amide bonds. The average Bonchev–Trinajstić information content (AvgIpc) is 3.03. The number of rotatable bonds is 7. The van der Waals surface area contributed by atoms with Crippen LogP contribution in [0.1, 0.15) is 11.4 Å². The maximum Gasteiger partial charge on any atom is 0.341 e. The van der Waals surface area contributed by atoms with E-state index in [-0.39, 0.29) is 12.5 Å². The van der Waals surface area contributed by atoms with Crippen molar-refractivity contribution in [1.82, 2.24) is 4.98 Å². The summed E-state index contributed by atoms with van der Waals surface area (Å²) in [6.45, 7) is -0.387. The zero-order valence-corrected chi connectivity index (χ0v) is 12.9. The van der Waals surface area contributed by atoms with Crippen LogP contribution in [0.15, 0.2) is 35.8 Å². The van der Waals surface area contributed by atoms with Gasteiger partial charge in [0, 0.05) is 37.2 Å². The smallest absolute Gasteiger partial charge is 0.341 e. The Bertz CT molecular complexity index is 626. The molecule has 0 atom stereocenters. The van der Waals surface area contributed by atoms with E-state index >= 15 is 0 Å². The molecule has 0 spiro atoms. The molecule has 0 aliphatic rings. The summed E-state index contributed by atoms with van der Waals surface area (Å²) in [6.07, 6.45) is 2.74. The third-order valence-electron chi connectivity index (χ3n) is 3.00. The number of benzene rings is 1. The fourth-order valence-electron chi connectivity index (χ4n) is 1.81. The molecule has 0 aliphatic carbocycles. The van der Waals surface area contributed by atoms with Crippen LogP contribution >= 0.6 is 11.3 Å². The largest absolute Gasteiger partial charge is 0.482 e. The van der Waals surface area contributed by atoms with Crippen LogP contribution in [0.2, 0.25) is 0 Å². The zero-order chi connectivity index (χ0) is 15.9. The van der Waals surface area contributed by atoms with Crippen molar-refractivity contribution in [2.45, 2.75) is 12.8 Å². The monoisotopic (exact) mass is 320 g/mol. The number of carboxylic acid groups (broad SMARTS) is 1. The second kappa shape index (κ2) is 7.56. The molecule has 1 aromatic carbocycles. The van der Waals surface area contributed by atoms with Crippen molar-refractivity contribution in [2.24, 2.45) is 0 Å². The van der Waals surface area contributed by atoms with Crippen LogP contribution in [0.3, 0.4) is 0 Å². The van der Waals surface area contributed by atoms with Crippen LogP contribution in [0.25, 0.3) is 0 Å². The Morgan fingerprint density at radius 3 is 2.64 bits per heavy atom. The van der Waals surface area contributed by atoms with E-state index < -0.39 is 5.97 Å². The van der Waals surface area contributed by atoms with Gasteiger partial charge >= 0.3 is 5.97 Å². The molecular formula is C15H16N2O4S. The van der Waals surface area contributed by atoms with Crippen molar-refractivity contribution in [3.05, 3.63) is 40.8 Å². The molecule has 7 heteroatoms. The number of amides is 1. The summed E-state index contributed by atoms with van der Waals surface area (Å²) in [7, 11) is 1.71. The summed E-state index contributed by atoms with van der Waals surface area (Å²) in [5.41, 5.74) is 0.729. The summed E-state index contributed by atoms with van der Waals surface area (Å²) in [5.74, 6) is -0.581. The first-order valence-electron chi connectivity index (χ1n) is 6.66. The number of ether oxygens (including phenoxy) is 1. The molecule has 0 saturated heterocycles. The molecule has 22 heavy (non-hydrogen) atoms. The molecule has 0 radical (unpaired) electrons. The molecule has 0 unspecified atom stereocenters. The summed E-state index contributed by atoms with van der Waals surface area (Å²) in [5, 5.41) is 11.4. The first kappa shape index (κ1) is 16.0. The Morgan fingerprint density at radius 2 is 2.05 bits per heavy atom. The second-order valence-electron chi connectivity index (χ2n) is 4.55. The van der Waals surface area contributed by atoms with Gasteiger partial charge in [-0.15, -0.1) is 11.3 Å². The maximum atomic E-state index is 12.1. The van der Waals surface area contributed by atoms with E-state index in [0.29, 0.717) is 18.6 Å². The zero-order valence-electron chi connectivity index (χ0n) is 12.1. The molecule has 0 bridgehead atoms. The normalized spacial score (nSPS) is 10.2. The number of aromatic nitrogens is 1. The predicted octanol–water partition coefficient (Wildman–Crippen LogP) is 2.20. The Balaban J connectivity index is 1.89. The summed E-state index contributed by atoms with van der Waals surface area (Å²) >= 11 is 1.54. The Labute approximate surface area is 132 Å². The van der Waals surface area contributed by atoms with Gasteiger partial charge in [0.25, 0.3) is 0 Å². The van der Waals surface area contributed by atoms with Crippen LogP contribution in [0, 0.1) is 0 Å². The topological polar surface area (TPSA) is 79.7 Å². The maximum absolute atomic E-state index is 12.1. The van der Waals surface area contributed by atoms with Crippen molar-refractivity contribution in [3.63, 3.8) is 0 Å². The molecule has 0 saturated carbocycles. The number of aryl methyl sites for hydroxylation is 1. The third kappa shape index (κ3) is 4.56. The SMILES string of the molecule is CN(C(=O)CCc1nccs1)c1ccc(OCC(=O)O)cc1. The van der Waals surface area contributed by atoms with E-state index in [1.54, 1.807) is 42.4 Å². The highest BCUT2D eigenvalue weighted by Gasteiger charge is 2.12. The van der Waals surface area contributed by atoms with Gasteiger partial charge in [0.05, 0.1) is 5.01 Å². The minimum Gasteiger partial charge on any atom is -0.482 e. The molecular weight excluding hydrogens is 304 g/mol. The van der Waals surface area contributed by atoms with E-state index in [4.69, 9.17) is 9.84 Å². The Morgan fingerprint density at radius 1 is 1.32 bits per heavy atom. The van der Waals surface area contributed by atoms with Gasteiger partial charge in [-0.2, -0.15) is 0 Å². The van der Waals surface area contributed by atoms with E-state index in [1.165, 1.54) is 11.3 Å². The quantitative estimate of drug-likeness (QED) is 0.846. The highest BCUT2D eigenvalue weighted by molar-refractivity contribution is 7.09. The van der Waals surface area contributed by atoms with E-state index in [9.17, 15) is 9.59 Å². The lowest BCUT2D eigenvalue weighted by atomic mass is 10.2. The highest BCUT2D eigenvalue weighted by Crippen LogP contribution is 2.19. The van der Waals surface area contributed by atoms with Gasteiger partial charge in [-0.25, -0.2) is 9.78 Å². The van der Waals surface area contributed by atoms with E-state index in [0.717, 1.165) is 10.7 Å². The lowest BCUT2D eigenvalue weighted by molar-refractivity contribution is -0.139. The van der Waals surface area contributed by atoms with E-state index in [1.807, 2.05) is 5.38 Å². The minimum absolute atomic E-state index is 0.00518. The minimum atomic E-state index is -1.03. The number of carboxylic acids is 1. The Kier molecular flexibility index (Phi) is 5.48. The van der Waals surface area contributed by atoms with Gasteiger partial charge < -0.3 is 14.7 Å². The molecule has 0 aliphatic heterocycles. The highest BCUT2D eigenvalue weighted by atomic mass is 32.1. The first-order valence-corrected chi connectivity index (χ1v) is 7.54. The van der Waals surface area contributed by atoms with Crippen molar-refractivity contribution in [3.8, 4) is 5.75 Å². The fraction of sp³-hybridized carbons (Fsp3) is 0.267. The van der Waals surface area contributed by atoms with Crippen molar-refractivity contribution in [2.75, 3.05) is 18.6 Å². The van der Waals surface area contributed by atoms with Crippen LogP contribution in [0.4, 0.5) is 5.69 Å². The summed E-state index contributed by atoms with van der Waals surface area (Å²) in [6, 6.07) is 6.72. The van der Waals surface area contributed by atoms with Gasteiger partial charge in [0.1, 0.15) is 5.75 Å². The van der Waals surface area contributed by atoms with Gasteiger partial charge in [-0.05, 0) is 24.3 Å².